The Labute approximate surface area is 118 Å². The van der Waals surface area contributed by atoms with Crippen LogP contribution in [-0.2, 0) is 4.74 Å². The van der Waals surface area contributed by atoms with Gasteiger partial charge in [0, 0.05) is 18.7 Å². The lowest BCUT2D eigenvalue weighted by atomic mass is 10.1. The third-order valence-corrected chi connectivity index (χ3v) is 2.61. The van der Waals surface area contributed by atoms with E-state index < -0.39 is 5.97 Å². The minimum Gasteiger partial charge on any atom is -0.478 e. The molecule has 0 heterocycles. The zero-order valence-electron chi connectivity index (χ0n) is 11.8. The van der Waals surface area contributed by atoms with Gasteiger partial charge in [0.15, 0.2) is 0 Å². The Morgan fingerprint density at radius 3 is 2.30 bits per heavy atom. The van der Waals surface area contributed by atoms with Crippen LogP contribution in [0.1, 0.15) is 20.7 Å². The summed E-state index contributed by atoms with van der Waals surface area (Å²) in [6.07, 6.45) is 0. The summed E-state index contributed by atoms with van der Waals surface area (Å²) in [5.74, 6) is -1.25. The van der Waals surface area contributed by atoms with E-state index in [0.29, 0.717) is 25.3 Å². The normalized spacial score (nSPS) is 10.6. The number of benzene rings is 1. The molecule has 0 aliphatic heterocycles. The summed E-state index contributed by atoms with van der Waals surface area (Å²) in [7, 11) is 3.93. The molecule has 6 heteroatoms. The first kappa shape index (κ1) is 16.1. The maximum atomic E-state index is 11.7. The number of hydrogen-bond donors (Lipinski definition) is 2. The quantitative estimate of drug-likeness (QED) is 0.685. The molecule has 0 radical (unpaired) electrons. The number of amides is 1. The molecule has 0 aliphatic carbocycles. The summed E-state index contributed by atoms with van der Waals surface area (Å²) in [6, 6.07) is 5.80. The smallest absolute Gasteiger partial charge is 0.335 e. The number of hydrogen-bond acceptors (Lipinski definition) is 4. The van der Waals surface area contributed by atoms with Crippen LogP contribution in [0.4, 0.5) is 0 Å². The predicted molar refractivity (Wildman–Crippen MR) is 75.1 cm³/mol. The van der Waals surface area contributed by atoms with E-state index in [2.05, 4.69) is 5.32 Å². The molecule has 0 saturated heterocycles. The molecule has 1 aromatic rings. The molecule has 6 nitrogen and oxygen atoms in total. The van der Waals surface area contributed by atoms with Crippen LogP contribution in [-0.4, -0.2) is 62.3 Å². The van der Waals surface area contributed by atoms with E-state index in [1.807, 2.05) is 19.0 Å². The first-order chi connectivity index (χ1) is 9.50. The Balaban J connectivity index is 2.27. The number of aromatic carboxylic acids is 1. The average Bonchev–Trinajstić information content (AvgIpc) is 2.42. The first-order valence-corrected chi connectivity index (χ1v) is 6.34. The Kier molecular flexibility index (Phi) is 6.69. The fourth-order valence-corrected chi connectivity index (χ4v) is 1.45. The van der Waals surface area contributed by atoms with Crippen molar-refractivity contribution >= 4 is 11.9 Å². The molecule has 1 aromatic carbocycles. The van der Waals surface area contributed by atoms with Crippen molar-refractivity contribution in [3.63, 3.8) is 0 Å². The topological polar surface area (TPSA) is 78.9 Å². The highest BCUT2D eigenvalue weighted by molar-refractivity contribution is 5.95. The van der Waals surface area contributed by atoms with E-state index in [1.165, 1.54) is 24.3 Å². The minimum atomic E-state index is -1.01. The van der Waals surface area contributed by atoms with Crippen molar-refractivity contribution in [2.45, 2.75) is 0 Å². The summed E-state index contributed by atoms with van der Waals surface area (Å²) in [5, 5.41) is 11.5. The lowest BCUT2D eigenvalue weighted by Crippen LogP contribution is -2.28. The molecule has 0 spiro atoms. The Morgan fingerprint density at radius 1 is 1.15 bits per heavy atom. The predicted octanol–water partition coefficient (Wildman–Crippen LogP) is 0.693. The summed E-state index contributed by atoms with van der Waals surface area (Å²) in [6.45, 7) is 2.33. The average molecular weight is 280 g/mol. The van der Waals surface area contributed by atoms with Gasteiger partial charge in [-0.2, -0.15) is 0 Å². The molecule has 1 rings (SSSR count). The van der Waals surface area contributed by atoms with Crippen molar-refractivity contribution in [1.29, 1.82) is 0 Å². The second-order valence-corrected chi connectivity index (χ2v) is 4.55. The van der Waals surface area contributed by atoms with Crippen LogP contribution >= 0.6 is 0 Å². The zero-order valence-corrected chi connectivity index (χ0v) is 11.8. The van der Waals surface area contributed by atoms with Gasteiger partial charge in [-0.1, -0.05) is 0 Å². The van der Waals surface area contributed by atoms with Crippen LogP contribution in [0.3, 0.4) is 0 Å². The molecule has 20 heavy (non-hydrogen) atoms. The Morgan fingerprint density at radius 2 is 1.75 bits per heavy atom. The molecule has 0 bridgehead atoms. The van der Waals surface area contributed by atoms with Crippen molar-refractivity contribution in [3.05, 3.63) is 35.4 Å². The van der Waals surface area contributed by atoms with Gasteiger partial charge in [0.1, 0.15) is 0 Å². The summed E-state index contributed by atoms with van der Waals surface area (Å²) < 4.78 is 5.35. The molecule has 0 atom stereocenters. The van der Waals surface area contributed by atoms with Gasteiger partial charge in [-0.15, -0.1) is 0 Å². The lowest BCUT2D eigenvalue weighted by molar-refractivity contribution is 0.0696. The molecule has 2 N–H and O–H groups in total. The van der Waals surface area contributed by atoms with Gasteiger partial charge in [-0.25, -0.2) is 4.79 Å². The van der Waals surface area contributed by atoms with Crippen LogP contribution in [0, 0.1) is 0 Å². The molecular weight excluding hydrogens is 260 g/mol. The second kappa shape index (κ2) is 8.29. The van der Waals surface area contributed by atoms with Crippen LogP contribution < -0.4 is 5.32 Å². The van der Waals surface area contributed by atoms with E-state index in [-0.39, 0.29) is 11.5 Å². The standard InChI is InChI=1S/C14H20N2O4/c1-16(2)8-10-20-9-7-15-13(17)11-3-5-12(6-4-11)14(18)19/h3-6H,7-10H2,1-2H3,(H,15,17)(H,18,19). The summed E-state index contributed by atoms with van der Waals surface area (Å²) in [5.41, 5.74) is 0.594. The van der Waals surface area contributed by atoms with Gasteiger partial charge >= 0.3 is 5.97 Å². The minimum absolute atomic E-state index is 0.161. The lowest BCUT2D eigenvalue weighted by Gasteiger charge is -2.10. The van der Waals surface area contributed by atoms with Crippen molar-refractivity contribution in [2.24, 2.45) is 0 Å². The van der Waals surface area contributed by atoms with E-state index in [9.17, 15) is 9.59 Å². The fraction of sp³-hybridized carbons (Fsp3) is 0.429. The third kappa shape index (κ3) is 5.81. The Hall–Kier alpha value is -1.92. The molecule has 0 aliphatic rings. The number of nitrogens with one attached hydrogen (secondary N) is 1. The number of ether oxygens (including phenoxy) is 1. The molecule has 0 aromatic heterocycles. The van der Waals surface area contributed by atoms with Crippen LogP contribution in [0.2, 0.25) is 0 Å². The van der Waals surface area contributed by atoms with E-state index in [1.54, 1.807) is 0 Å². The molecular formula is C14H20N2O4. The maximum absolute atomic E-state index is 11.7. The fourth-order valence-electron chi connectivity index (χ4n) is 1.45. The van der Waals surface area contributed by atoms with Crippen molar-refractivity contribution in [1.82, 2.24) is 10.2 Å². The number of carbonyl (C=O) groups is 2. The SMILES string of the molecule is CN(C)CCOCCNC(=O)c1ccc(C(=O)O)cc1. The number of carboxylic acid groups (broad SMARTS) is 1. The van der Waals surface area contributed by atoms with E-state index in [0.717, 1.165) is 6.54 Å². The van der Waals surface area contributed by atoms with Crippen LogP contribution in [0.25, 0.3) is 0 Å². The van der Waals surface area contributed by atoms with Crippen molar-refractivity contribution < 1.29 is 19.4 Å². The third-order valence-electron chi connectivity index (χ3n) is 2.61. The van der Waals surface area contributed by atoms with Gasteiger partial charge in [0.25, 0.3) is 5.91 Å². The summed E-state index contributed by atoms with van der Waals surface area (Å²) in [4.78, 5) is 24.4. The maximum Gasteiger partial charge on any atom is 0.335 e. The number of rotatable bonds is 8. The van der Waals surface area contributed by atoms with Gasteiger partial charge in [0.2, 0.25) is 0 Å². The second-order valence-electron chi connectivity index (χ2n) is 4.55. The molecule has 0 unspecified atom stereocenters. The summed E-state index contributed by atoms with van der Waals surface area (Å²) >= 11 is 0. The highest BCUT2D eigenvalue weighted by Crippen LogP contribution is 2.04. The molecule has 0 fully saturated rings. The number of nitrogens with zero attached hydrogens (tertiary/aromatic N) is 1. The van der Waals surface area contributed by atoms with Crippen molar-refractivity contribution in [2.75, 3.05) is 40.4 Å². The zero-order chi connectivity index (χ0) is 15.0. The first-order valence-electron chi connectivity index (χ1n) is 6.34. The van der Waals surface area contributed by atoms with Crippen LogP contribution in [0.5, 0.6) is 0 Å². The molecule has 110 valence electrons. The highest BCUT2D eigenvalue weighted by atomic mass is 16.5. The number of carboxylic acids is 1. The van der Waals surface area contributed by atoms with Gasteiger partial charge in [0.05, 0.1) is 18.8 Å². The van der Waals surface area contributed by atoms with E-state index >= 15 is 0 Å². The highest BCUT2D eigenvalue weighted by Gasteiger charge is 2.07. The number of carbonyl (C=O) groups excluding carboxylic acids is 1. The molecule has 1 amide bonds. The van der Waals surface area contributed by atoms with Gasteiger partial charge in [-0.05, 0) is 38.4 Å². The van der Waals surface area contributed by atoms with Crippen LogP contribution in [0.15, 0.2) is 24.3 Å². The number of likely N-dealkylation sites (N-methyl/N-ethyl adjacent to an activating group) is 1. The monoisotopic (exact) mass is 280 g/mol. The van der Waals surface area contributed by atoms with Gasteiger partial charge < -0.3 is 20.1 Å². The molecule has 0 saturated carbocycles. The largest absolute Gasteiger partial charge is 0.478 e. The van der Waals surface area contributed by atoms with E-state index in [4.69, 9.17) is 9.84 Å². The van der Waals surface area contributed by atoms with Crippen molar-refractivity contribution in [3.8, 4) is 0 Å². The van der Waals surface area contributed by atoms with Gasteiger partial charge in [-0.3, -0.25) is 4.79 Å². The Bertz CT molecular complexity index is 443.